The number of urea groups is 1. The van der Waals surface area contributed by atoms with Gasteiger partial charge in [-0.05, 0) is 45.9 Å². The minimum absolute atomic E-state index is 0.234. The van der Waals surface area contributed by atoms with Gasteiger partial charge < -0.3 is 24.8 Å². The topological polar surface area (TPSA) is 147 Å². The molecule has 0 saturated carbocycles. The lowest BCUT2D eigenvalue weighted by molar-refractivity contribution is -0.149. The first kappa shape index (κ1) is 28.2. The van der Waals surface area contributed by atoms with Gasteiger partial charge in [-0.15, -0.1) is 11.8 Å². The third kappa shape index (κ3) is 6.70. The number of thioether (sulfide) groups is 1. The summed E-state index contributed by atoms with van der Waals surface area (Å²) in [6.45, 7) is 9.59. The van der Waals surface area contributed by atoms with Crippen molar-refractivity contribution in [1.29, 1.82) is 0 Å². The van der Waals surface area contributed by atoms with E-state index in [1.165, 1.54) is 24.9 Å². The molecule has 1 aromatic carbocycles. The van der Waals surface area contributed by atoms with Gasteiger partial charge in [-0.3, -0.25) is 14.2 Å². The average molecular weight is 542 g/mol. The van der Waals surface area contributed by atoms with Gasteiger partial charge in [0.2, 0.25) is 0 Å². The maximum absolute atomic E-state index is 13.7. The molecular weight excluding hydrogens is 509 g/mol. The number of hydrogen-bond acceptors (Lipinski definition) is 9. The summed E-state index contributed by atoms with van der Waals surface area (Å²) >= 11 is 1.08. The zero-order chi connectivity index (χ0) is 26.7. The molecule has 0 spiro atoms. The second-order valence-corrected chi connectivity index (χ2v) is 11.9. The Labute approximate surface area is 214 Å². The van der Waals surface area contributed by atoms with Crippen molar-refractivity contribution >= 4 is 31.5 Å². The fourth-order valence-corrected chi connectivity index (χ4v) is 6.78. The second-order valence-electron chi connectivity index (χ2n) is 8.91. The highest BCUT2D eigenvalue weighted by molar-refractivity contribution is 8.01. The zero-order valence-corrected chi connectivity index (χ0v) is 22.2. The number of ether oxygens (including phenoxy) is 1. The summed E-state index contributed by atoms with van der Waals surface area (Å²) in [6.07, 6.45) is 1.32. The Bertz CT molecular complexity index is 1050. The van der Waals surface area contributed by atoms with Crippen molar-refractivity contribution in [3.8, 4) is 5.75 Å². The fourth-order valence-electron chi connectivity index (χ4n) is 3.55. The summed E-state index contributed by atoms with van der Waals surface area (Å²) in [5.41, 5.74) is -1.32. The quantitative estimate of drug-likeness (QED) is 0.258. The lowest BCUT2D eigenvalue weighted by Gasteiger charge is -2.36. The molecule has 2 amide bonds. The van der Waals surface area contributed by atoms with Crippen LogP contribution in [0.3, 0.4) is 0 Å². The molecule has 2 aliphatic rings. The van der Waals surface area contributed by atoms with E-state index in [0.29, 0.717) is 5.70 Å². The van der Waals surface area contributed by atoms with Crippen molar-refractivity contribution < 1.29 is 38.2 Å². The van der Waals surface area contributed by atoms with Gasteiger partial charge >= 0.3 is 19.7 Å². The zero-order valence-electron chi connectivity index (χ0n) is 20.5. The molecule has 1 fully saturated rings. The molecule has 1 aromatic rings. The molecule has 13 heteroatoms. The Morgan fingerprint density at radius 1 is 1.33 bits per heavy atom. The van der Waals surface area contributed by atoms with Crippen LogP contribution in [0.2, 0.25) is 0 Å². The van der Waals surface area contributed by atoms with Crippen LogP contribution in [-0.4, -0.2) is 68.2 Å². The molecule has 11 nitrogen and oxygen atoms in total. The summed E-state index contributed by atoms with van der Waals surface area (Å²) in [4.78, 5) is 26.0. The number of amides is 2. The minimum atomic E-state index is -4.16. The number of allylic oxidation sites excluding steroid dienone is 1. The maximum atomic E-state index is 13.7. The van der Waals surface area contributed by atoms with E-state index in [9.17, 15) is 24.4 Å². The van der Waals surface area contributed by atoms with Crippen molar-refractivity contribution in [3.05, 3.63) is 54.9 Å². The van der Waals surface area contributed by atoms with Crippen molar-refractivity contribution in [1.82, 2.24) is 15.3 Å². The number of hydrogen-bond donors (Lipinski definition) is 4. The summed E-state index contributed by atoms with van der Waals surface area (Å²) in [7, 11) is -4.16. The highest BCUT2D eigenvalue weighted by Gasteiger charge is 2.55. The maximum Gasteiger partial charge on any atom is 0.459 e. The van der Waals surface area contributed by atoms with E-state index in [1.54, 1.807) is 50.3 Å². The number of benzene rings is 1. The van der Waals surface area contributed by atoms with Crippen molar-refractivity contribution in [2.45, 2.75) is 62.2 Å². The van der Waals surface area contributed by atoms with Crippen LogP contribution >= 0.6 is 19.5 Å². The molecule has 1 saturated heterocycles. The van der Waals surface area contributed by atoms with Gasteiger partial charge in [0.05, 0.1) is 24.1 Å². The predicted octanol–water partition coefficient (Wildman–Crippen LogP) is 2.73. The Morgan fingerprint density at radius 3 is 2.61 bits per heavy atom. The van der Waals surface area contributed by atoms with E-state index in [4.69, 9.17) is 13.8 Å². The molecule has 0 radical (unpaired) electrons. The van der Waals surface area contributed by atoms with Crippen LogP contribution in [0.4, 0.5) is 4.79 Å². The lowest BCUT2D eigenvalue weighted by atomic mass is 9.96. The standard InChI is InChI=1S/C23H32N3O8PS/c1-14(2)33-20(28)16(4)25-35(31,34-17-9-7-6-8-10-17)32-13-18-19(27)23(5,30)21(36-18)26-12-11-15(3)24-22(26)29/h6-12,14,16,18-19,21,27,30H,3,13H2,1-2,4-5H3,(H,24,29)(H,25,31)/t16-,18+,19+,21+,23+,35-/m0/s1. The Balaban J connectivity index is 1.76. The van der Waals surface area contributed by atoms with Gasteiger partial charge in [-0.25, -0.2) is 9.36 Å². The highest BCUT2D eigenvalue weighted by atomic mass is 32.2. The second kappa shape index (κ2) is 11.4. The van der Waals surface area contributed by atoms with Gasteiger partial charge in [-0.1, -0.05) is 24.8 Å². The van der Waals surface area contributed by atoms with Crippen LogP contribution < -0.4 is 14.9 Å². The van der Waals surface area contributed by atoms with Gasteiger partial charge in [0, 0.05) is 11.9 Å². The Kier molecular flexibility index (Phi) is 8.92. The number of nitrogens with one attached hydrogen (secondary N) is 2. The Hall–Kier alpha value is -2.34. The van der Waals surface area contributed by atoms with Crippen LogP contribution in [0.5, 0.6) is 5.75 Å². The number of aliphatic hydroxyl groups excluding tert-OH is 1. The average Bonchev–Trinajstić information content (AvgIpc) is 3.01. The monoisotopic (exact) mass is 541 g/mol. The van der Waals surface area contributed by atoms with Crippen LogP contribution in [-0.2, 0) is 18.6 Å². The first-order chi connectivity index (χ1) is 16.8. The van der Waals surface area contributed by atoms with Crippen LogP contribution in [0.25, 0.3) is 0 Å². The molecule has 0 aliphatic carbocycles. The number of esters is 1. The first-order valence-electron chi connectivity index (χ1n) is 11.3. The Morgan fingerprint density at radius 2 is 2.00 bits per heavy atom. The van der Waals surface area contributed by atoms with E-state index in [1.807, 2.05) is 0 Å². The normalized spacial score (nSPS) is 28.5. The molecule has 36 heavy (non-hydrogen) atoms. The number of rotatable bonds is 10. The smallest absolute Gasteiger partial charge is 0.459 e. The van der Waals surface area contributed by atoms with E-state index in [2.05, 4.69) is 17.0 Å². The van der Waals surface area contributed by atoms with E-state index in [-0.39, 0.29) is 18.5 Å². The molecule has 0 unspecified atom stereocenters. The van der Waals surface area contributed by atoms with Gasteiger partial charge in [0.15, 0.2) is 0 Å². The summed E-state index contributed by atoms with van der Waals surface area (Å²) in [5.74, 6) is -0.411. The molecule has 2 heterocycles. The minimum Gasteiger partial charge on any atom is -0.462 e. The third-order valence-electron chi connectivity index (χ3n) is 5.38. The van der Waals surface area contributed by atoms with Gasteiger partial charge in [0.1, 0.15) is 22.8 Å². The van der Waals surface area contributed by atoms with Crippen molar-refractivity contribution in [2.24, 2.45) is 0 Å². The number of para-hydroxylation sites is 1. The highest BCUT2D eigenvalue weighted by Crippen LogP contribution is 2.49. The molecule has 3 rings (SSSR count). The predicted molar refractivity (Wildman–Crippen MR) is 135 cm³/mol. The number of carbonyl (C=O) groups is 2. The molecular formula is C23H32N3O8PS. The molecule has 0 aromatic heterocycles. The number of nitrogens with zero attached hydrogens (tertiary/aromatic N) is 1. The number of carbonyl (C=O) groups excluding carboxylic acids is 2. The summed E-state index contributed by atoms with van der Waals surface area (Å²) in [6, 6.07) is 6.72. The summed E-state index contributed by atoms with van der Waals surface area (Å²) < 4.78 is 30.1. The molecule has 0 bridgehead atoms. The molecule has 4 N–H and O–H groups in total. The largest absolute Gasteiger partial charge is 0.462 e. The fraction of sp³-hybridized carbons (Fsp3) is 0.478. The molecule has 2 aliphatic heterocycles. The molecule has 198 valence electrons. The van der Waals surface area contributed by atoms with Crippen LogP contribution in [0.15, 0.2) is 54.9 Å². The lowest BCUT2D eigenvalue weighted by Crippen LogP contribution is -2.55. The van der Waals surface area contributed by atoms with Crippen LogP contribution in [0, 0.1) is 0 Å². The SMILES string of the molecule is C=C1C=CN([C@@H]2S[C@H](CO[P@@](=O)(N[C@@H](C)C(=O)OC(C)C)Oc3ccccc3)[C@@H](O)[C@@]2(C)O)C(=O)N1. The van der Waals surface area contributed by atoms with E-state index in [0.717, 1.165) is 11.8 Å². The number of aliphatic hydroxyl groups is 2. The van der Waals surface area contributed by atoms with Crippen LogP contribution in [0.1, 0.15) is 27.7 Å². The third-order valence-corrected chi connectivity index (χ3v) is 8.73. The van der Waals surface area contributed by atoms with Gasteiger partial charge in [0.25, 0.3) is 0 Å². The van der Waals surface area contributed by atoms with Crippen molar-refractivity contribution in [3.63, 3.8) is 0 Å². The first-order valence-corrected chi connectivity index (χ1v) is 13.8. The van der Waals surface area contributed by atoms with Crippen molar-refractivity contribution in [2.75, 3.05) is 6.61 Å². The summed E-state index contributed by atoms with van der Waals surface area (Å²) in [5, 5.41) is 25.3. The molecule has 6 atom stereocenters. The van der Waals surface area contributed by atoms with E-state index >= 15 is 0 Å². The van der Waals surface area contributed by atoms with Gasteiger partial charge in [-0.2, -0.15) is 5.09 Å². The van der Waals surface area contributed by atoms with E-state index < -0.39 is 48.1 Å².